The summed E-state index contributed by atoms with van der Waals surface area (Å²) in [6.45, 7) is 4.20. The zero-order chi connectivity index (χ0) is 17.9. The first-order chi connectivity index (χ1) is 12.7. The Kier molecular flexibility index (Phi) is 4.55. The summed E-state index contributed by atoms with van der Waals surface area (Å²) in [6.07, 6.45) is 4.70. The first kappa shape index (κ1) is 16.6. The van der Waals surface area contributed by atoms with Crippen molar-refractivity contribution >= 4 is 22.9 Å². The molecule has 2 amide bonds. The van der Waals surface area contributed by atoms with Crippen LogP contribution in [0.15, 0.2) is 30.5 Å². The Bertz CT molecular complexity index is 867. The van der Waals surface area contributed by atoms with E-state index in [9.17, 15) is 4.79 Å². The number of aromatic amines is 1. The quantitative estimate of drug-likeness (QED) is 0.754. The number of amides is 2. The molecule has 8 nitrogen and oxygen atoms in total. The number of piperidine rings is 1. The molecule has 3 heterocycles. The van der Waals surface area contributed by atoms with Crippen molar-refractivity contribution in [2.24, 2.45) is 5.92 Å². The largest absolute Gasteiger partial charge is 0.342 e. The second-order valence-corrected chi connectivity index (χ2v) is 6.75. The molecule has 0 saturated carbocycles. The Labute approximate surface area is 151 Å². The first-order valence-corrected chi connectivity index (χ1v) is 9.11. The number of nitrogens with one attached hydrogen (secondary N) is 2. The fourth-order valence-electron chi connectivity index (χ4n) is 3.49. The van der Waals surface area contributed by atoms with E-state index in [1.54, 1.807) is 10.9 Å². The molecule has 0 bridgehead atoms. The monoisotopic (exact) mass is 353 g/mol. The van der Waals surface area contributed by atoms with Crippen LogP contribution in [0.25, 0.3) is 11.0 Å². The fourth-order valence-corrected chi connectivity index (χ4v) is 3.49. The highest BCUT2D eigenvalue weighted by atomic mass is 16.2. The molecule has 26 heavy (non-hydrogen) atoms. The summed E-state index contributed by atoms with van der Waals surface area (Å²) in [5.74, 6) is 1.89. The van der Waals surface area contributed by atoms with Crippen LogP contribution in [0.3, 0.4) is 0 Å². The SMILES string of the molecule is CCn1cc(NC(=O)N2CCC[C@@H](Cc3nc4ccccc4[nH]3)C2)nn1. The number of anilines is 1. The maximum absolute atomic E-state index is 12.5. The van der Waals surface area contributed by atoms with Crippen molar-refractivity contribution in [3.63, 3.8) is 0 Å². The Hall–Kier alpha value is -2.90. The minimum Gasteiger partial charge on any atom is -0.342 e. The summed E-state index contributed by atoms with van der Waals surface area (Å²) in [5, 5.41) is 10.8. The van der Waals surface area contributed by atoms with E-state index in [1.807, 2.05) is 36.1 Å². The van der Waals surface area contributed by atoms with Gasteiger partial charge in [-0.3, -0.25) is 10.00 Å². The molecule has 8 heteroatoms. The normalized spacial score (nSPS) is 17.6. The van der Waals surface area contributed by atoms with Crippen LogP contribution in [0, 0.1) is 5.92 Å². The van der Waals surface area contributed by atoms with Gasteiger partial charge in [-0.15, -0.1) is 5.10 Å². The van der Waals surface area contributed by atoms with E-state index in [0.717, 1.165) is 55.8 Å². The van der Waals surface area contributed by atoms with Gasteiger partial charge in [0.15, 0.2) is 5.82 Å². The zero-order valence-electron chi connectivity index (χ0n) is 14.9. The Morgan fingerprint density at radius 2 is 2.27 bits per heavy atom. The lowest BCUT2D eigenvalue weighted by atomic mass is 9.95. The molecule has 1 aromatic carbocycles. The number of likely N-dealkylation sites (tertiary alicyclic amines) is 1. The predicted octanol–water partition coefficient (Wildman–Crippen LogP) is 2.66. The molecule has 1 atom stereocenters. The standard InChI is InChI=1S/C18H23N7O/c1-2-25-12-17(22-23-25)21-18(26)24-9-5-6-13(11-24)10-16-19-14-7-3-4-8-15(14)20-16/h3-4,7-8,12-13H,2,5-6,9-11H2,1H3,(H,19,20)(H,21,26)/t13-/m0/s1. The number of hydrogen-bond acceptors (Lipinski definition) is 4. The minimum absolute atomic E-state index is 0.109. The fraction of sp³-hybridized carbons (Fsp3) is 0.444. The smallest absolute Gasteiger partial charge is 0.323 e. The number of hydrogen-bond donors (Lipinski definition) is 2. The number of aromatic nitrogens is 5. The summed E-state index contributed by atoms with van der Waals surface area (Å²) in [7, 11) is 0. The Morgan fingerprint density at radius 3 is 3.08 bits per heavy atom. The molecule has 1 fully saturated rings. The topological polar surface area (TPSA) is 91.7 Å². The van der Waals surface area contributed by atoms with Crippen LogP contribution in [0.2, 0.25) is 0 Å². The van der Waals surface area contributed by atoms with Crippen LogP contribution >= 0.6 is 0 Å². The Morgan fingerprint density at radius 1 is 1.38 bits per heavy atom. The number of urea groups is 1. The lowest BCUT2D eigenvalue weighted by Crippen LogP contribution is -2.43. The van der Waals surface area contributed by atoms with Crippen molar-refractivity contribution < 1.29 is 4.79 Å². The molecule has 2 N–H and O–H groups in total. The van der Waals surface area contributed by atoms with E-state index < -0.39 is 0 Å². The number of rotatable bonds is 4. The van der Waals surface area contributed by atoms with E-state index in [-0.39, 0.29) is 6.03 Å². The first-order valence-electron chi connectivity index (χ1n) is 9.11. The lowest BCUT2D eigenvalue weighted by Gasteiger charge is -2.32. The van der Waals surface area contributed by atoms with Gasteiger partial charge < -0.3 is 9.88 Å². The van der Waals surface area contributed by atoms with Crippen LogP contribution in [0.4, 0.5) is 10.6 Å². The van der Waals surface area contributed by atoms with Crippen molar-refractivity contribution in [2.75, 3.05) is 18.4 Å². The number of nitrogens with zero attached hydrogens (tertiary/aromatic N) is 5. The predicted molar refractivity (Wildman–Crippen MR) is 98.8 cm³/mol. The van der Waals surface area contributed by atoms with Crippen molar-refractivity contribution in [1.29, 1.82) is 0 Å². The van der Waals surface area contributed by atoms with Crippen molar-refractivity contribution in [3.8, 4) is 0 Å². The third-order valence-corrected chi connectivity index (χ3v) is 4.82. The molecule has 136 valence electrons. The van der Waals surface area contributed by atoms with Gasteiger partial charge in [0.25, 0.3) is 0 Å². The lowest BCUT2D eigenvalue weighted by molar-refractivity contribution is 0.176. The molecular formula is C18H23N7O. The highest BCUT2D eigenvalue weighted by Gasteiger charge is 2.25. The number of benzene rings is 1. The van der Waals surface area contributed by atoms with Crippen molar-refractivity contribution in [3.05, 3.63) is 36.3 Å². The van der Waals surface area contributed by atoms with Gasteiger partial charge in [-0.2, -0.15) is 0 Å². The van der Waals surface area contributed by atoms with Gasteiger partial charge in [0.2, 0.25) is 0 Å². The van der Waals surface area contributed by atoms with Crippen LogP contribution in [0.5, 0.6) is 0 Å². The van der Waals surface area contributed by atoms with Gasteiger partial charge in [0.05, 0.1) is 17.2 Å². The number of aryl methyl sites for hydroxylation is 1. The van der Waals surface area contributed by atoms with Crippen LogP contribution < -0.4 is 5.32 Å². The molecule has 1 saturated heterocycles. The molecule has 4 rings (SSSR count). The highest BCUT2D eigenvalue weighted by molar-refractivity contribution is 5.88. The minimum atomic E-state index is -0.109. The van der Waals surface area contributed by atoms with Gasteiger partial charge in [-0.1, -0.05) is 17.3 Å². The van der Waals surface area contributed by atoms with Crippen LogP contribution in [-0.4, -0.2) is 49.0 Å². The van der Waals surface area contributed by atoms with Crippen molar-refractivity contribution in [2.45, 2.75) is 32.7 Å². The van der Waals surface area contributed by atoms with E-state index in [4.69, 9.17) is 0 Å². The Balaban J connectivity index is 1.37. The molecular weight excluding hydrogens is 330 g/mol. The molecule has 2 aromatic heterocycles. The van der Waals surface area contributed by atoms with Gasteiger partial charge >= 0.3 is 6.03 Å². The van der Waals surface area contributed by atoms with E-state index >= 15 is 0 Å². The van der Waals surface area contributed by atoms with Crippen LogP contribution in [-0.2, 0) is 13.0 Å². The number of H-pyrrole nitrogens is 1. The molecule has 1 aliphatic rings. The van der Waals surface area contributed by atoms with E-state index in [0.29, 0.717) is 11.7 Å². The molecule has 1 aliphatic heterocycles. The zero-order valence-corrected chi connectivity index (χ0v) is 14.9. The van der Waals surface area contributed by atoms with Gasteiger partial charge in [0.1, 0.15) is 5.82 Å². The molecule has 0 spiro atoms. The summed E-state index contributed by atoms with van der Waals surface area (Å²) in [4.78, 5) is 22.4. The third-order valence-electron chi connectivity index (χ3n) is 4.82. The second kappa shape index (κ2) is 7.15. The molecule has 0 aliphatic carbocycles. The van der Waals surface area contributed by atoms with E-state index in [1.165, 1.54) is 0 Å². The summed E-state index contributed by atoms with van der Waals surface area (Å²) < 4.78 is 1.69. The number of carbonyl (C=O) groups excluding carboxylic acids is 1. The average molecular weight is 353 g/mol. The van der Waals surface area contributed by atoms with Gasteiger partial charge in [-0.25, -0.2) is 9.78 Å². The van der Waals surface area contributed by atoms with E-state index in [2.05, 4.69) is 25.6 Å². The number of fused-ring (bicyclic) bond motifs is 1. The van der Waals surface area contributed by atoms with Gasteiger partial charge in [0, 0.05) is 26.1 Å². The van der Waals surface area contributed by atoms with Crippen molar-refractivity contribution in [1.82, 2.24) is 29.9 Å². The number of para-hydroxylation sites is 2. The number of imidazole rings is 1. The van der Waals surface area contributed by atoms with Crippen LogP contribution in [0.1, 0.15) is 25.6 Å². The molecule has 0 unspecified atom stereocenters. The molecule has 3 aromatic rings. The second-order valence-electron chi connectivity index (χ2n) is 6.75. The third kappa shape index (κ3) is 3.54. The average Bonchev–Trinajstić information content (AvgIpc) is 3.27. The maximum atomic E-state index is 12.5. The highest BCUT2D eigenvalue weighted by Crippen LogP contribution is 2.22. The maximum Gasteiger partial charge on any atom is 0.323 e. The molecule has 0 radical (unpaired) electrons. The summed E-state index contributed by atoms with van der Waals surface area (Å²) in [5.41, 5.74) is 2.05. The summed E-state index contributed by atoms with van der Waals surface area (Å²) in [6, 6.07) is 7.94. The number of carbonyl (C=O) groups is 1. The summed E-state index contributed by atoms with van der Waals surface area (Å²) >= 11 is 0. The van der Waals surface area contributed by atoms with Gasteiger partial charge in [-0.05, 0) is 37.8 Å².